The largest absolute Gasteiger partial charge is 0.459 e. The molecule has 1 aliphatic heterocycles. The lowest BCUT2D eigenvalue weighted by atomic mass is 10.2. The Morgan fingerprint density at radius 1 is 1.21 bits per heavy atom. The average molecular weight is 391 g/mol. The molecule has 0 saturated carbocycles. The van der Waals surface area contributed by atoms with E-state index in [9.17, 15) is 13.6 Å². The summed E-state index contributed by atoms with van der Waals surface area (Å²) in [6.07, 6.45) is 2.17. The molecular weight excluding hydrogens is 368 g/mol. The fourth-order valence-corrected chi connectivity index (χ4v) is 3.11. The molecule has 0 aliphatic carbocycles. The van der Waals surface area contributed by atoms with Crippen LogP contribution in [0.5, 0.6) is 0 Å². The summed E-state index contributed by atoms with van der Waals surface area (Å²) in [6, 6.07) is 7.12. The molecule has 28 heavy (non-hydrogen) atoms. The summed E-state index contributed by atoms with van der Waals surface area (Å²) in [5.74, 6) is -0.582. The first-order valence-corrected chi connectivity index (χ1v) is 9.06. The number of hydrogen-bond donors (Lipinski definition) is 3. The van der Waals surface area contributed by atoms with E-state index in [1.54, 1.807) is 24.1 Å². The number of nitrogens with one attached hydrogen (secondary N) is 3. The van der Waals surface area contributed by atoms with Crippen LogP contribution >= 0.6 is 0 Å². The normalized spacial score (nSPS) is 16.9. The maximum atomic E-state index is 14.0. The fourth-order valence-electron chi connectivity index (χ4n) is 3.11. The van der Waals surface area contributed by atoms with Gasteiger partial charge in [0.05, 0.1) is 6.26 Å². The molecule has 1 aromatic carbocycles. The van der Waals surface area contributed by atoms with Crippen LogP contribution in [0.4, 0.5) is 14.5 Å². The number of carbonyl (C=O) groups excluding carboxylic acids is 1. The predicted molar refractivity (Wildman–Crippen MR) is 103 cm³/mol. The molecule has 150 valence electrons. The Bertz CT molecular complexity index is 805. The molecular formula is C19H23F2N5O2. The third-order valence-corrected chi connectivity index (χ3v) is 4.45. The lowest BCUT2D eigenvalue weighted by Crippen LogP contribution is -2.46. The van der Waals surface area contributed by atoms with Gasteiger partial charge in [-0.2, -0.15) is 0 Å². The summed E-state index contributed by atoms with van der Waals surface area (Å²) in [7, 11) is 1.64. The third-order valence-electron chi connectivity index (χ3n) is 4.45. The zero-order chi connectivity index (χ0) is 19.9. The molecule has 0 bridgehead atoms. The first kappa shape index (κ1) is 19.7. The summed E-state index contributed by atoms with van der Waals surface area (Å²) in [6.45, 7) is 1.86. The predicted octanol–water partition coefficient (Wildman–Crippen LogP) is 1.73. The zero-order valence-corrected chi connectivity index (χ0v) is 15.5. The van der Waals surface area contributed by atoms with Crippen molar-refractivity contribution < 1.29 is 18.0 Å². The van der Waals surface area contributed by atoms with Crippen LogP contribution in [0.3, 0.4) is 0 Å². The van der Waals surface area contributed by atoms with Crippen molar-refractivity contribution in [2.24, 2.45) is 4.99 Å². The smallest absolute Gasteiger partial charge is 0.287 e. The van der Waals surface area contributed by atoms with Crippen LogP contribution in [0.15, 0.2) is 46.0 Å². The van der Waals surface area contributed by atoms with Gasteiger partial charge in [0, 0.05) is 39.3 Å². The molecule has 1 atom stereocenters. The molecule has 3 N–H and O–H groups in total. The number of rotatable bonds is 6. The first-order valence-electron chi connectivity index (χ1n) is 9.06. The number of anilines is 1. The number of furan rings is 1. The van der Waals surface area contributed by atoms with Gasteiger partial charge in [-0.1, -0.05) is 6.07 Å². The van der Waals surface area contributed by atoms with E-state index in [0.717, 1.165) is 6.42 Å². The molecule has 2 aromatic rings. The Kier molecular flexibility index (Phi) is 6.46. The van der Waals surface area contributed by atoms with Crippen molar-refractivity contribution in [1.29, 1.82) is 0 Å². The molecule has 1 unspecified atom stereocenters. The second kappa shape index (κ2) is 9.20. The monoisotopic (exact) mass is 391 g/mol. The minimum atomic E-state index is -0.560. The summed E-state index contributed by atoms with van der Waals surface area (Å²) < 4.78 is 32.9. The Hall–Kier alpha value is -3.10. The van der Waals surface area contributed by atoms with Crippen LogP contribution in [0, 0.1) is 11.6 Å². The zero-order valence-electron chi connectivity index (χ0n) is 15.5. The van der Waals surface area contributed by atoms with Gasteiger partial charge in [0.2, 0.25) is 0 Å². The summed E-state index contributed by atoms with van der Waals surface area (Å²) in [5.41, 5.74) is 0.00962. The highest BCUT2D eigenvalue weighted by atomic mass is 19.1. The lowest BCUT2D eigenvalue weighted by Gasteiger charge is -2.21. The highest BCUT2D eigenvalue weighted by Gasteiger charge is 2.27. The average Bonchev–Trinajstić information content (AvgIpc) is 3.36. The highest BCUT2D eigenvalue weighted by molar-refractivity contribution is 5.91. The first-order chi connectivity index (χ1) is 13.6. The van der Waals surface area contributed by atoms with Crippen molar-refractivity contribution in [3.63, 3.8) is 0 Å². The molecule has 1 fully saturated rings. The van der Waals surface area contributed by atoms with Crippen molar-refractivity contribution in [1.82, 2.24) is 16.0 Å². The molecule has 7 nitrogen and oxygen atoms in total. The van der Waals surface area contributed by atoms with Crippen molar-refractivity contribution in [3.8, 4) is 0 Å². The minimum Gasteiger partial charge on any atom is -0.459 e. The number of aliphatic imine (C=N–C) groups is 1. The van der Waals surface area contributed by atoms with Gasteiger partial charge in [-0.25, -0.2) is 8.78 Å². The van der Waals surface area contributed by atoms with Crippen LogP contribution in [0.1, 0.15) is 17.0 Å². The van der Waals surface area contributed by atoms with E-state index >= 15 is 0 Å². The number of amides is 1. The number of nitrogens with zero attached hydrogens (tertiary/aromatic N) is 2. The van der Waals surface area contributed by atoms with E-state index in [0.29, 0.717) is 32.1 Å². The van der Waals surface area contributed by atoms with Crippen LogP contribution in [0.25, 0.3) is 0 Å². The fraction of sp³-hybridized carbons (Fsp3) is 0.368. The van der Waals surface area contributed by atoms with Gasteiger partial charge in [0.15, 0.2) is 11.7 Å². The van der Waals surface area contributed by atoms with Gasteiger partial charge in [-0.15, -0.1) is 0 Å². The van der Waals surface area contributed by atoms with E-state index in [1.165, 1.54) is 24.5 Å². The van der Waals surface area contributed by atoms with Crippen LogP contribution < -0.4 is 20.9 Å². The molecule has 1 amide bonds. The maximum Gasteiger partial charge on any atom is 0.287 e. The van der Waals surface area contributed by atoms with Gasteiger partial charge >= 0.3 is 0 Å². The van der Waals surface area contributed by atoms with E-state index in [4.69, 9.17) is 4.42 Å². The molecule has 1 aliphatic rings. The molecule has 0 radical (unpaired) electrons. The van der Waals surface area contributed by atoms with Crippen molar-refractivity contribution >= 4 is 17.6 Å². The van der Waals surface area contributed by atoms with Gasteiger partial charge in [-0.3, -0.25) is 9.79 Å². The molecule has 3 rings (SSSR count). The number of carbonyl (C=O) groups is 1. The van der Waals surface area contributed by atoms with Crippen molar-refractivity contribution in [2.45, 2.75) is 12.5 Å². The molecule has 1 saturated heterocycles. The number of halogens is 2. The summed E-state index contributed by atoms with van der Waals surface area (Å²) in [5, 5.41) is 9.07. The molecule has 1 aromatic heterocycles. The Morgan fingerprint density at radius 3 is 2.64 bits per heavy atom. The topological polar surface area (TPSA) is 81.9 Å². The Labute approximate surface area is 161 Å². The quantitative estimate of drug-likeness (QED) is 0.397. The maximum absolute atomic E-state index is 14.0. The van der Waals surface area contributed by atoms with Crippen LogP contribution in [-0.4, -0.2) is 51.1 Å². The molecule has 0 spiro atoms. The van der Waals surface area contributed by atoms with Gasteiger partial charge in [0.25, 0.3) is 5.91 Å². The van der Waals surface area contributed by atoms with Crippen LogP contribution in [-0.2, 0) is 0 Å². The summed E-state index contributed by atoms with van der Waals surface area (Å²) in [4.78, 5) is 17.6. The molecule has 9 heteroatoms. The van der Waals surface area contributed by atoms with Crippen molar-refractivity contribution in [2.75, 3.05) is 38.1 Å². The molecule has 2 heterocycles. The third kappa shape index (κ3) is 4.79. The summed E-state index contributed by atoms with van der Waals surface area (Å²) >= 11 is 0. The number of para-hydroxylation sites is 1. The lowest BCUT2D eigenvalue weighted by molar-refractivity contribution is 0.0926. The Balaban J connectivity index is 1.43. The van der Waals surface area contributed by atoms with Crippen LogP contribution in [0.2, 0.25) is 0 Å². The number of benzene rings is 1. The van der Waals surface area contributed by atoms with E-state index in [1.807, 2.05) is 0 Å². The Morgan fingerprint density at radius 2 is 1.96 bits per heavy atom. The second-order valence-electron chi connectivity index (χ2n) is 6.38. The second-order valence-corrected chi connectivity index (χ2v) is 6.38. The minimum absolute atomic E-state index is 0.00270. The van der Waals surface area contributed by atoms with E-state index < -0.39 is 11.6 Å². The standard InChI is InChI=1S/C19H23F2N5O2/c1-22-19(24-9-8-23-18(27)16-6-3-11-28-16)25-13-7-10-26(12-13)17-14(20)4-2-5-15(17)21/h2-6,11,13H,7-10,12H2,1H3,(H,23,27)(H2,22,24,25). The van der Waals surface area contributed by atoms with E-state index in [-0.39, 0.29) is 23.4 Å². The SMILES string of the molecule is CN=C(NCCNC(=O)c1ccco1)NC1CCN(c2c(F)cccc2F)C1. The van der Waals surface area contributed by atoms with Crippen molar-refractivity contribution in [3.05, 3.63) is 54.0 Å². The number of hydrogen-bond acceptors (Lipinski definition) is 4. The van der Waals surface area contributed by atoms with Gasteiger partial charge in [-0.05, 0) is 30.7 Å². The highest BCUT2D eigenvalue weighted by Crippen LogP contribution is 2.26. The van der Waals surface area contributed by atoms with E-state index in [2.05, 4.69) is 20.9 Å². The number of guanidine groups is 1. The van der Waals surface area contributed by atoms with Gasteiger partial charge in [0.1, 0.15) is 17.3 Å². The van der Waals surface area contributed by atoms with Gasteiger partial charge < -0.3 is 25.3 Å².